The van der Waals surface area contributed by atoms with Crippen molar-refractivity contribution in [3.05, 3.63) is 24.3 Å². The first kappa shape index (κ1) is 8.93. The van der Waals surface area contributed by atoms with Crippen molar-refractivity contribution in [1.29, 1.82) is 0 Å². The number of cyclic esters (lactones) is 1. The number of ether oxygens (including phenoxy) is 1. The molecule has 0 bridgehead atoms. The molecule has 2 atom stereocenters. The van der Waals surface area contributed by atoms with Crippen molar-refractivity contribution in [2.45, 2.75) is 19.1 Å². The standard InChI is InChI=1S/C9H11N3O2/c1-6-8(14-9(13)12(6)2)7-3-10-5-11-4-7/h3-6,8H,1-2H3/t6-,8-/m0/s1. The molecular weight excluding hydrogens is 182 g/mol. The summed E-state index contributed by atoms with van der Waals surface area (Å²) in [7, 11) is 1.72. The third-order valence-corrected chi connectivity index (χ3v) is 2.47. The fourth-order valence-corrected chi connectivity index (χ4v) is 1.46. The summed E-state index contributed by atoms with van der Waals surface area (Å²) in [5, 5.41) is 0. The van der Waals surface area contributed by atoms with E-state index in [4.69, 9.17) is 4.74 Å². The average Bonchev–Trinajstić information content (AvgIpc) is 2.47. The van der Waals surface area contributed by atoms with E-state index in [0.29, 0.717) is 0 Å². The van der Waals surface area contributed by atoms with E-state index in [2.05, 4.69) is 9.97 Å². The minimum absolute atomic E-state index is 0.0218. The minimum atomic E-state index is -0.300. The molecule has 1 fully saturated rings. The molecule has 1 amide bonds. The number of carbonyl (C=O) groups excluding carboxylic acids is 1. The van der Waals surface area contributed by atoms with Crippen LogP contribution in [0.3, 0.4) is 0 Å². The first-order chi connectivity index (χ1) is 6.70. The summed E-state index contributed by atoms with van der Waals surface area (Å²) in [6.45, 7) is 1.93. The molecular formula is C9H11N3O2. The van der Waals surface area contributed by atoms with E-state index in [1.54, 1.807) is 24.3 Å². The molecule has 0 N–H and O–H groups in total. The summed E-state index contributed by atoms with van der Waals surface area (Å²) < 4.78 is 5.18. The number of likely N-dealkylation sites (N-methyl/N-ethyl adjacent to an activating group) is 1. The Morgan fingerprint density at radius 2 is 2.07 bits per heavy atom. The second-order valence-electron chi connectivity index (χ2n) is 3.33. The van der Waals surface area contributed by atoms with Crippen molar-refractivity contribution < 1.29 is 9.53 Å². The lowest BCUT2D eigenvalue weighted by molar-refractivity contribution is 0.131. The molecule has 0 saturated carbocycles. The van der Waals surface area contributed by atoms with Crippen LogP contribution in [0.25, 0.3) is 0 Å². The van der Waals surface area contributed by atoms with Gasteiger partial charge in [-0.2, -0.15) is 0 Å². The van der Waals surface area contributed by atoms with Crippen molar-refractivity contribution in [2.24, 2.45) is 0 Å². The molecule has 1 aliphatic rings. The fourth-order valence-electron chi connectivity index (χ4n) is 1.46. The molecule has 0 radical (unpaired) electrons. The summed E-state index contributed by atoms with van der Waals surface area (Å²) in [6, 6.07) is 0.0218. The molecule has 1 aliphatic heterocycles. The van der Waals surface area contributed by atoms with E-state index in [0.717, 1.165) is 5.56 Å². The van der Waals surface area contributed by atoms with Gasteiger partial charge in [0.15, 0.2) is 6.10 Å². The van der Waals surface area contributed by atoms with Crippen LogP contribution in [0.1, 0.15) is 18.6 Å². The van der Waals surface area contributed by atoms with Gasteiger partial charge in [-0.05, 0) is 6.92 Å². The predicted molar refractivity (Wildman–Crippen MR) is 48.5 cm³/mol. The summed E-state index contributed by atoms with van der Waals surface area (Å²) in [5.74, 6) is 0. The maximum atomic E-state index is 11.2. The molecule has 2 rings (SSSR count). The smallest absolute Gasteiger partial charge is 0.410 e. The van der Waals surface area contributed by atoms with E-state index >= 15 is 0 Å². The number of aromatic nitrogens is 2. The molecule has 14 heavy (non-hydrogen) atoms. The summed E-state index contributed by atoms with van der Waals surface area (Å²) in [6.07, 6.45) is 4.23. The molecule has 5 nitrogen and oxygen atoms in total. The molecule has 5 heteroatoms. The largest absolute Gasteiger partial charge is 0.439 e. The molecule has 1 saturated heterocycles. The topological polar surface area (TPSA) is 55.3 Å². The second-order valence-corrected chi connectivity index (χ2v) is 3.33. The van der Waals surface area contributed by atoms with E-state index < -0.39 is 0 Å². The Hall–Kier alpha value is -1.65. The monoisotopic (exact) mass is 193 g/mol. The number of carbonyl (C=O) groups is 1. The normalized spacial score (nSPS) is 26.4. The Bertz CT molecular complexity index is 341. The SMILES string of the molecule is C[C@H]1[C@@H](c2cncnc2)OC(=O)N1C. The van der Waals surface area contributed by atoms with Crippen LogP contribution in [0.5, 0.6) is 0 Å². The van der Waals surface area contributed by atoms with Gasteiger partial charge >= 0.3 is 6.09 Å². The molecule has 1 aromatic heterocycles. The van der Waals surface area contributed by atoms with Gasteiger partial charge in [0.25, 0.3) is 0 Å². The number of nitrogens with zero attached hydrogens (tertiary/aromatic N) is 3. The van der Waals surface area contributed by atoms with Gasteiger partial charge in [0, 0.05) is 25.0 Å². The zero-order chi connectivity index (χ0) is 10.1. The summed E-state index contributed by atoms with van der Waals surface area (Å²) >= 11 is 0. The molecule has 0 unspecified atom stereocenters. The number of hydrogen-bond donors (Lipinski definition) is 0. The first-order valence-corrected chi connectivity index (χ1v) is 4.38. The van der Waals surface area contributed by atoms with Crippen molar-refractivity contribution in [1.82, 2.24) is 14.9 Å². The van der Waals surface area contributed by atoms with E-state index in [1.165, 1.54) is 6.33 Å². The summed E-state index contributed by atoms with van der Waals surface area (Å²) in [4.78, 5) is 20.6. The Labute approximate surface area is 81.7 Å². The third kappa shape index (κ3) is 1.30. The van der Waals surface area contributed by atoms with Crippen LogP contribution >= 0.6 is 0 Å². The predicted octanol–water partition coefficient (Wildman–Crippen LogP) is 0.988. The van der Waals surface area contributed by atoms with Crippen LogP contribution in [0.15, 0.2) is 18.7 Å². The van der Waals surface area contributed by atoms with Gasteiger partial charge in [-0.1, -0.05) is 0 Å². The van der Waals surface area contributed by atoms with E-state index in [9.17, 15) is 4.79 Å². The lowest BCUT2D eigenvalue weighted by atomic mass is 10.1. The van der Waals surface area contributed by atoms with E-state index in [1.807, 2.05) is 6.92 Å². The lowest BCUT2D eigenvalue weighted by Crippen LogP contribution is -2.27. The highest BCUT2D eigenvalue weighted by Gasteiger charge is 2.37. The van der Waals surface area contributed by atoms with Crippen LogP contribution in [-0.4, -0.2) is 34.1 Å². The number of hydrogen-bond acceptors (Lipinski definition) is 4. The quantitative estimate of drug-likeness (QED) is 0.667. The summed E-state index contributed by atoms with van der Waals surface area (Å²) in [5.41, 5.74) is 0.831. The van der Waals surface area contributed by atoms with Gasteiger partial charge in [0.1, 0.15) is 6.33 Å². The van der Waals surface area contributed by atoms with Gasteiger partial charge < -0.3 is 9.64 Å². The first-order valence-electron chi connectivity index (χ1n) is 4.38. The second kappa shape index (κ2) is 3.25. The highest BCUT2D eigenvalue weighted by Crippen LogP contribution is 2.29. The van der Waals surface area contributed by atoms with Crippen LogP contribution in [-0.2, 0) is 4.74 Å². The maximum absolute atomic E-state index is 11.2. The van der Waals surface area contributed by atoms with Crippen LogP contribution < -0.4 is 0 Å². The average molecular weight is 193 g/mol. The highest BCUT2D eigenvalue weighted by molar-refractivity contribution is 5.70. The molecule has 0 aliphatic carbocycles. The Balaban J connectivity index is 2.26. The van der Waals surface area contributed by atoms with Crippen LogP contribution in [0, 0.1) is 0 Å². The highest BCUT2D eigenvalue weighted by atomic mass is 16.6. The lowest BCUT2D eigenvalue weighted by Gasteiger charge is -2.15. The molecule has 0 spiro atoms. The van der Waals surface area contributed by atoms with Gasteiger partial charge in [-0.15, -0.1) is 0 Å². The Kier molecular flexibility index (Phi) is 2.07. The minimum Gasteiger partial charge on any atom is -0.439 e. The zero-order valence-electron chi connectivity index (χ0n) is 8.04. The number of amides is 1. The fraction of sp³-hybridized carbons (Fsp3) is 0.444. The van der Waals surface area contributed by atoms with Crippen LogP contribution in [0.4, 0.5) is 4.79 Å². The van der Waals surface area contributed by atoms with Gasteiger partial charge in [-0.25, -0.2) is 14.8 Å². The van der Waals surface area contributed by atoms with Crippen molar-refractivity contribution in [2.75, 3.05) is 7.05 Å². The molecule has 0 aromatic carbocycles. The van der Waals surface area contributed by atoms with Gasteiger partial charge in [0.05, 0.1) is 6.04 Å². The third-order valence-electron chi connectivity index (χ3n) is 2.47. The number of rotatable bonds is 1. The molecule has 1 aromatic rings. The van der Waals surface area contributed by atoms with Gasteiger partial charge in [-0.3, -0.25) is 0 Å². The van der Waals surface area contributed by atoms with E-state index in [-0.39, 0.29) is 18.2 Å². The molecule has 2 heterocycles. The van der Waals surface area contributed by atoms with Crippen molar-refractivity contribution in [3.63, 3.8) is 0 Å². The Morgan fingerprint density at radius 1 is 1.43 bits per heavy atom. The zero-order valence-corrected chi connectivity index (χ0v) is 8.04. The van der Waals surface area contributed by atoms with Gasteiger partial charge in [0.2, 0.25) is 0 Å². The van der Waals surface area contributed by atoms with Crippen LogP contribution in [0.2, 0.25) is 0 Å². The van der Waals surface area contributed by atoms with Crippen molar-refractivity contribution >= 4 is 6.09 Å². The molecule has 74 valence electrons. The Morgan fingerprint density at radius 3 is 2.57 bits per heavy atom. The maximum Gasteiger partial charge on any atom is 0.410 e. The van der Waals surface area contributed by atoms with Crippen molar-refractivity contribution in [3.8, 4) is 0 Å².